The molecule has 1 aliphatic rings. The Morgan fingerprint density at radius 3 is 2.07 bits per heavy atom. The van der Waals surface area contributed by atoms with Gasteiger partial charge in [0.2, 0.25) is 0 Å². The summed E-state index contributed by atoms with van der Waals surface area (Å²) in [5.41, 5.74) is 2.17. The van der Waals surface area contributed by atoms with Gasteiger partial charge in [0.1, 0.15) is 47.6 Å². The van der Waals surface area contributed by atoms with Crippen LogP contribution in [-0.2, 0) is 24.2 Å². The van der Waals surface area contributed by atoms with E-state index < -0.39 is 31.9 Å². The first-order valence-corrected chi connectivity index (χ1v) is 20.7. The normalized spacial score (nSPS) is 17.5. The number of phosphoric acid groups is 1. The summed E-state index contributed by atoms with van der Waals surface area (Å²) in [5.74, 6) is 1.10. The fourth-order valence-electron chi connectivity index (χ4n) is 7.17. The molecule has 16 heteroatoms. The number of anilines is 1. The number of benzene rings is 5. The van der Waals surface area contributed by atoms with Gasteiger partial charge in [-0.15, -0.1) is 0 Å². The maximum atomic E-state index is 13.7. The molecule has 0 saturated carbocycles. The molecule has 60 heavy (non-hydrogen) atoms. The molecule has 2 N–H and O–H groups in total. The lowest BCUT2D eigenvalue weighted by Gasteiger charge is -2.37. The third-order valence-corrected chi connectivity index (χ3v) is 11.4. The second kappa shape index (κ2) is 17.6. The average Bonchev–Trinajstić information content (AvgIpc) is 3.90. The molecule has 1 aliphatic heterocycles. The number of amides is 1. The molecule has 1 unspecified atom stereocenters. The summed E-state index contributed by atoms with van der Waals surface area (Å²) < 4.78 is 51.7. The minimum Gasteiger partial charge on any atom is -0.497 e. The molecular weight excluding hydrogens is 809 g/mol. The van der Waals surface area contributed by atoms with Crippen LogP contribution in [0, 0.1) is 0 Å². The van der Waals surface area contributed by atoms with E-state index in [0.717, 1.165) is 16.7 Å². The van der Waals surface area contributed by atoms with Crippen molar-refractivity contribution in [3.8, 4) is 17.2 Å². The first-order valence-electron chi connectivity index (χ1n) is 18.8. The summed E-state index contributed by atoms with van der Waals surface area (Å²) in [6.07, 6.45) is -0.0394. The summed E-state index contributed by atoms with van der Waals surface area (Å²) in [6, 6.07) is 39.8. The molecule has 1 fully saturated rings. The van der Waals surface area contributed by atoms with Crippen molar-refractivity contribution >= 4 is 42.3 Å². The van der Waals surface area contributed by atoms with Gasteiger partial charge in [0.05, 0.1) is 32.2 Å². The number of imidazole rings is 1. The number of methoxy groups -OCH3 is 2. The smallest absolute Gasteiger partial charge is 0.497 e. The van der Waals surface area contributed by atoms with Crippen molar-refractivity contribution in [3.63, 3.8) is 0 Å². The summed E-state index contributed by atoms with van der Waals surface area (Å²) in [6.45, 7) is -0.153. The molecule has 7 aromatic rings. The number of halogens is 1. The fourth-order valence-corrected chi connectivity index (χ4v) is 8.42. The number of aromatic nitrogens is 4. The number of ether oxygens (including phenoxy) is 4. The van der Waals surface area contributed by atoms with Gasteiger partial charge in [-0.2, -0.15) is 0 Å². The quantitative estimate of drug-likeness (QED) is 0.0747. The van der Waals surface area contributed by atoms with Crippen LogP contribution in [0.15, 0.2) is 146 Å². The van der Waals surface area contributed by atoms with Gasteiger partial charge >= 0.3 is 7.82 Å². The summed E-state index contributed by atoms with van der Waals surface area (Å²) in [5, 5.41) is 2.94. The molecule has 0 aliphatic carbocycles. The zero-order chi connectivity index (χ0) is 41.7. The van der Waals surface area contributed by atoms with Gasteiger partial charge in [-0.1, -0.05) is 96.5 Å². The van der Waals surface area contributed by atoms with E-state index in [4.69, 9.17) is 39.6 Å². The first-order chi connectivity index (χ1) is 29.2. The highest BCUT2D eigenvalue weighted by atomic mass is 35.5. The van der Waals surface area contributed by atoms with E-state index >= 15 is 0 Å². The predicted octanol–water partition coefficient (Wildman–Crippen LogP) is 8.61. The van der Waals surface area contributed by atoms with Crippen LogP contribution in [0.3, 0.4) is 0 Å². The summed E-state index contributed by atoms with van der Waals surface area (Å²) in [7, 11) is -1.64. The van der Waals surface area contributed by atoms with Crippen LogP contribution < -0.4 is 19.3 Å². The van der Waals surface area contributed by atoms with Crippen molar-refractivity contribution in [2.45, 2.75) is 30.5 Å². The fraction of sp³-hybridized carbons (Fsp3) is 0.182. The number of fused-ring (bicyclic) bond motifs is 1. The Balaban J connectivity index is 1.16. The Labute approximate surface area is 350 Å². The molecule has 1 saturated heterocycles. The van der Waals surface area contributed by atoms with Gasteiger partial charge in [-0.3, -0.25) is 18.8 Å². The van der Waals surface area contributed by atoms with Crippen molar-refractivity contribution in [2.75, 3.05) is 26.1 Å². The van der Waals surface area contributed by atoms with E-state index in [9.17, 15) is 14.3 Å². The van der Waals surface area contributed by atoms with Gasteiger partial charge in [0, 0.05) is 12.0 Å². The monoisotopic (exact) mass is 847 g/mol. The predicted molar refractivity (Wildman–Crippen MR) is 223 cm³/mol. The number of carbonyl (C=O) groups is 1. The number of hydrogen-bond acceptors (Lipinski definition) is 11. The minimum absolute atomic E-state index is 0.0299. The van der Waals surface area contributed by atoms with Crippen LogP contribution in [-0.4, -0.2) is 63.4 Å². The van der Waals surface area contributed by atoms with Crippen molar-refractivity contribution < 1.29 is 42.2 Å². The van der Waals surface area contributed by atoms with Crippen molar-refractivity contribution in [2.24, 2.45) is 0 Å². The molecule has 5 aromatic carbocycles. The number of nitrogens with one attached hydrogen (secondary N) is 1. The third kappa shape index (κ3) is 8.48. The average molecular weight is 848 g/mol. The lowest BCUT2D eigenvalue weighted by molar-refractivity contribution is -0.0919. The standard InChI is InChI=1S/C44H39ClN5O9P/c1-54-33-21-17-31(18-22-33)44(30-13-7-4-8-14-30,32-19-23-34(55-2)24-20-32)56-26-38-37(59-60(52,53)58-36-16-10-9-15-35(36)45)25-39(57-38)50-28-48-40-41(46-27-47-42(40)50)49-43(51)29-11-5-3-6-12-29/h3-24,27-28,37-39H,25-26H2,1-2H3,(H,52,53)(H,46,47,49,51)/t37-,38+,39+/m0/s1. The molecule has 0 spiro atoms. The number of rotatable bonds is 15. The molecule has 2 aromatic heterocycles. The van der Waals surface area contributed by atoms with E-state index in [1.807, 2.05) is 84.9 Å². The maximum absolute atomic E-state index is 13.7. The topological polar surface area (TPSA) is 165 Å². The molecular formula is C44H39ClN5O9P. The van der Waals surface area contributed by atoms with Crippen molar-refractivity contribution in [1.29, 1.82) is 0 Å². The van der Waals surface area contributed by atoms with Crippen LogP contribution in [0.25, 0.3) is 11.2 Å². The van der Waals surface area contributed by atoms with Gasteiger partial charge in [0.25, 0.3) is 5.91 Å². The number of phosphoric ester groups is 1. The van der Waals surface area contributed by atoms with E-state index in [-0.39, 0.29) is 35.5 Å². The molecule has 8 rings (SSSR count). The Hall–Kier alpha value is -6.12. The molecule has 3 heterocycles. The molecule has 306 valence electrons. The highest BCUT2D eigenvalue weighted by Crippen LogP contribution is 2.51. The maximum Gasteiger partial charge on any atom is 0.527 e. The van der Waals surface area contributed by atoms with Crippen LogP contribution >= 0.6 is 19.4 Å². The van der Waals surface area contributed by atoms with Gasteiger partial charge < -0.3 is 28.8 Å². The minimum atomic E-state index is -4.83. The molecule has 0 bridgehead atoms. The molecule has 4 atom stereocenters. The van der Waals surface area contributed by atoms with Gasteiger partial charge in [-0.25, -0.2) is 19.5 Å². The third-order valence-electron chi connectivity index (χ3n) is 10.1. The summed E-state index contributed by atoms with van der Waals surface area (Å²) >= 11 is 6.29. The lowest BCUT2D eigenvalue weighted by atomic mass is 9.80. The molecule has 1 amide bonds. The number of hydrogen-bond donors (Lipinski definition) is 2. The molecule has 14 nitrogen and oxygen atoms in total. The summed E-state index contributed by atoms with van der Waals surface area (Å²) in [4.78, 5) is 37.6. The Bertz CT molecular complexity index is 2570. The van der Waals surface area contributed by atoms with Crippen LogP contribution in [0.1, 0.15) is 39.7 Å². The zero-order valence-electron chi connectivity index (χ0n) is 32.3. The van der Waals surface area contributed by atoms with E-state index in [1.165, 1.54) is 24.8 Å². The second-order valence-electron chi connectivity index (χ2n) is 13.7. The Morgan fingerprint density at radius 2 is 1.43 bits per heavy atom. The SMILES string of the molecule is COc1ccc(C(OC[C@H]2O[C@@H](n3cnc4c(NC(=O)c5ccccc5)ncnc43)C[C@@H]2OP(=O)(O)Oc2ccccc2Cl)(c2ccccc2)c2ccc(OC)cc2)cc1. The largest absolute Gasteiger partial charge is 0.527 e. The van der Waals surface area contributed by atoms with E-state index in [1.54, 1.807) is 55.2 Å². The number of nitrogens with zero attached hydrogens (tertiary/aromatic N) is 4. The lowest BCUT2D eigenvalue weighted by Crippen LogP contribution is -2.38. The number of para-hydroxylation sites is 1. The Kier molecular flexibility index (Phi) is 11.9. The Morgan fingerprint density at radius 1 is 0.833 bits per heavy atom. The second-order valence-corrected chi connectivity index (χ2v) is 15.4. The zero-order valence-corrected chi connectivity index (χ0v) is 34.0. The van der Waals surface area contributed by atoms with E-state index in [0.29, 0.717) is 28.2 Å². The van der Waals surface area contributed by atoms with Crippen molar-refractivity contribution in [3.05, 3.63) is 173 Å². The first kappa shape index (κ1) is 40.7. The van der Waals surface area contributed by atoms with Crippen LogP contribution in [0.2, 0.25) is 5.02 Å². The highest BCUT2D eigenvalue weighted by molar-refractivity contribution is 7.47. The van der Waals surface area contributed by atoms with Crippen molar-refractivity contribution in [1.82, 2.24) is 19.5 Å². The van der Waals surface area contributed by atoms with Crippen LogP contribution in [0.4, 0.5) is 5.82 Å². The van der Waals surface area contributed by atoms with Gasteiger partial charge in [0.15, 0.2) is 17.0 Å². The van der Waals surface area contributed by atoms with Gasteiger partial charge in [-0.05, 0) is 65.2 Å². The number of carbonyl (C=O) groups excluding carboxylic acids is 1. The highest BCUT2D eigenvalue weighted by Gasteiger charge is 2.46. The van der Waals surface area contributed by atoms with E-state index in [2.05, 4.69) is 20.3 Å². The molecule has 0 radical (unpaired) electrons. The van der Waals surface area contributed by atoms with Crippen LogP contribution in [0.5, 0.6) is 17.2 Å².